The number of ether oxygens (including phenoxy) is 2. The average molecular weight is 349 g/mol. The molecule has 1 N–H and O–H groups in total. The molecule has 1 aliphatic heterocycles. The van der Waals surface area contributed by atoms with E-state index in [4.69, 9.17) is 9.47 Å². The molecule has 2 amide bonds. The first-order chi connectivity index (χ1) is 12.1. The van der Waals surface area contributed by atoms with Gasteiger partial charge >= 0.3 is 0 Å². The van der Waals surface area contributed by atoms with Crippen molar-refractivity contribution in [1.29, 1.82) is 0 Å². The fraction of sp³-hybridized carbons (Fsp3) is 0.556. The minimum absolute atomic E-state index is 0.0175. The zero-order chi connectivity index (χ0) is 18.1. The molecule has 1 fully saturated rings. The van der Waals surface area contributed by atoms with Gasteiger partial charge in [0, 0.05) is 51.8 Å². The molecule has 0 aromatic heterocycles. The highest BCUT2D eigenvalue weighted by molar-refractivity contribution is 5.94. The van der Waals surface area contributed by atoms with E-state index < -0.39 is 0 Å². The zero-order valence-corrected chi connectivity index (χ0v) is 15.0. The smallest absolute Gasteiger partial charge is 0.251 e. The molecular formula is C18H27N3O4. The number of morpholine rings is 1. The van der Waals surface area contributed by atoms with Crippen LogP contribution in [0.3, 0.4) is 0 Å². The highest BCUT2D eigenvalue weighted by atomic mass is 16.5. The third-order valence-electron chi connectivity index (χ3n) is 4.23. The second-order valence-electron chi connectivity index (χ2n) is 5.95. The van der Waals surface area contributed by atoms with E-state index in [-0.39, 0.29) is 11.8 Å². The lowest BCUT2D eigenvalue weighted by atomic mass is 10.2. The lowest BCUT2D eigenvalue weighted by Gasteiger charge is -2.29. The molecule has 1 heterocycles. The monoisotopic (exact) mass is 349 g/mol. The van der Waals surface area contributed by atoms with Crippen LogP contribution in [-0.2, 0) is 9.53 Å². The average Bonchev–Trinajstić information content (AvgIpc) is 2.64. The Hall–Kier alpha value is -2.12. The molecule has 7 heteroatoms. The van der Waals surface area contributed by atoms with Crippen molar-refractivity contribution in [1.82, 2.24) is 15.1 Å². The quantitative estimate of drug-likeness (QED) is 0.744. The van der Waals surface area contributed by atoms with E-state index >= 15 is 0 Å². The largest absolute Gasteiger partial charge is 0.497 e. The number of hydrogen-bond donors (Lipinski definition) is 1. The highest BCUT2D eigenvalue weighted by Crippen LogP contribution is 2.12. The molecule has 0 atom stereocenters. The summed E-state index contributed by atoms with van der Waals surface area (Å²) in [6.07, 6.45) is 0. The number of hydrogen-bond acceptors (Lipinski definition) is 5. The maximum atomic E-state index is 12.2. The van der Waals surface area contributed by atoms with Crippen LogP contribution < -0.4 is 10.1 Å². The van der Waals surface area contributed by atoms with Crippen molar-refractivity contribution < 1.29 is 19.1 Å². The van der Waals surface area contributed by atoms with Crippen molar-refractivity contribution >= 4 is 11.8 Å². The molecule has 0 bridgehead atoms. The second kappa shape index (κ2) is 10.0. The number of rotatable bonds is 8. The third kappa shape index (κ3) is 6.36. The summed E-state index contributed by atoms with van der Waals surface area (Å²) in [4.78, 5) is 28.0. The van der Waals surface area contributed by atoms with E-state index in [1.165, 1.54) is 0 Å². The molecule has 0 radical (unpaired) electrons. The van der Waals surface area contributed by atoms with Gasteiger partial charge in [-0.1, -0.05) is 6.07 Å². The van der Waals surface area contributed by atoms with Gasteiger partial charge in [0.05, 0.1) is 20.3 Å². The summed E-state index contributed by atoms with van der Waals surface area (Å²) in [6, 6.07) is 6.99. The molecule has 138 valence electrons. The molecule has 1 saturated heterocycles. The van der Waals surface area contributed by atoms with Gasteiger partial charge in [0.2, 0.25) is 5.91 Å². The van der Waals surface area contributed by atoms with Crippen molar-refractivity contribution in [2.24, 2.45) is 0 Å². The maximum absolute atomic E-state index is 12.2. The molecular weight excluding hydrogens is 322 g/mol. The standard InChI is InChI=1S/C18H27N3O4/c1-15(22)21(9-8-20-10-12-25-13-11-20)7-6-19-18(23)16-4-3-5-17(14-16)24-2/h3-5,14H,6-13H2,1-2H3,(H,19,23). The Labute approximate surface area is 148 Å². The van der Waals surface area contributed by atoms with Gasteiger partial charge in [-0.3, -0.25) is 14.5 Å². The molecule has 1 aliphatic rings. The molecule has 1 aromatic carbocycles. The van der Waals surface area contributed by atoms with Gasteiger partial charge in [-0.25, -0.2) is 0 Å². The summed E-state index contributed by atoms with van der Waals surface area (Å²) in [7, 11) is 1.57. The van der Waals surface area contributed by atoms with Crippen LogP contribution in [-0.4, -0.2) is 81.2 Å². The van der Waals surface area contributed by atoms with E-state index in [0.29, 0.717) is 30.9 Å². The summed E-state index contributed by atoms with van der Waals surface area (Å²) in [5, 5.41) is 2.85. The van der Waals surface area contributed by atoms with Crippen molar-refractivity contribution in [3.63, 3.8) is 0 Å². The Kier molecular flexibility index (Phi) is 7.69. The van der Waals surface area contributed by atoms with Crippen LogP contribution in [0.5, 0.6) is 5.75 Å². The lowest BCUT2D eigenvalue weighted by molar-refractivity contribution is -0.129. The molecule has 2 rings (SSSR count). The van der Waals surface area contributed by atoms with Crippen molar-refractivity contribution in [2.75, 3.05) is 59.6 Å². The second-order valence-corrected chi connectivity index (χ2v) is 5.95. The Balaban J connectivity index is 1.76. The van der Waals surface area contributed by atoms with Crippen LogP contribution in [0.4, 0.5) is 0 Å². The summed E-state index contributed by atoms with van der Waals surface area (Å²) in [6.45, 7) is 7.25. The minimum atomic E-state index is -0.171. The van der Waals surface area contributed by atoms with Crippen LogP contribution in [0.1, 0.15) is 17.3 Å². The van der Waals surface area contributed by atoms with Crippen molar-refractivity contribution in [3.05, 3.63) is 29.8 Å². The first-order valence-corrected chi connectivity index (χ1v) is 8.58. The predicted molar refractivity (Wildman–Crippen MR) is 94.8 cm³/mol. The lowest BCUT2D eigenvalue weighted by Crippen LogP contribution is -2.44. The fourth-order valence-corrected chi connectivity index (χ4v) is 2.68. The van der Waals surface area contributed by atoms with Crippen LogP contribution in [0.25, 0.3) is 0 Å². The van der Waals surface area contributed by atoms with Crippen molar-refractivity contribution in [2.45, 2.75) is 6.92 Å². The van der Waals surface area contributed by atoms with Crippen LogP contribution in [0.2, 0.25) is 0 Å². The number of carbonyl (C=O) groups is 2. The first kappa shape index (κ1) is 19.2. The first-order valence-electron chi connectivity index (χ1n) is 8.58. The van der Waals surface area contributed by atoms with E-state index in [9.17, 15) is 9.59 Å². The number of amides is 2. The normalized spacial score (nSPS) is 14.8. The van der Waals surface area contributed by atoms with Gasteiger partial charge in [0.15, 0.2) is 0 Å². The molecule has 0 aliphatic carbocycles. The Bertz CT molecular complexity index is 573. The van der Waals surface area contributed by atoms with E-state index in [1.54, 1.807) is 43.2 Å². The predicted octanol–water partition coefficient (Wildman–Crippen LogP) is 0.606. The molecule has 25 heavy (non-hydrogen) atoms. The number of nitrogens with zero attached hydrogens (tertiary/aromatic N) is 2. The number of benzene rings is 1. The Morgan fingerprint density at radius 1 is 1.28 bits per heavy atom. The third-order valence-corrected chi connectivity index (χ3v) is 4.23. The van der Waals surface area contributed by atoms with Gasteiger partial charge < -0.3 is 19.7 Å². The van der Waals surface area contributed by atoms with Gasteiger partial charge in [0.1, 0.15) is 5.75 Å². The van der Waals surface area contributed by atoms with Crippen LogP contribution >= 0.6 is 0 Å². The molecule has 1 aromatic rings. The summed E-state index contributed by atoms with van der Waals surface area (Å²) in [5.41, 5.74) is 0.544. The SMILES string of the molecule is COc1cccc(C(=O)NCCN(CCN2CCOCC2)C(C)=O)c1. The molecule has 0 unspecified atom stereocenters. The van der Waals surface area contributed by atoms with E-state index in [1.807, 2.05) is 0 Å². The molecule has 7 nitrogen and oxygen atoms in total. The number of nitrogens with one attached hydrogen (secondary N) is 1. The topological polar surface area (TPSA) is 71.1 Å². The van der Waals surface area contributed by atoms with Gasteiger partial charge in [-0.05, 0) is 18.2 Å². The van der Waals surface area contributed by atoms with E-state index in [2.05, 4.69) is 10.2 Å². The summed E-state index contributed by atoms with van der Waals surface area (Å²) >= 11 is 0. The molecule has 0 spiro atoms. The van der Waals surface area contributed by atoms with Crippen LogP contribution in [0, 0.1) is 0 Å². The van der Waals surface area contributed by atoms with Gasteiger partial charge in [-0.2, -0.15) is 0 Å². The number of methoxy groups -OCH3 is 1. The van der Waals surface area contributed by atoms with Gasteiger partial charge in [0.25, 0.3) is 5.91 Å². The summed E-state index contributed by atoms with van der Waals surface area (Å²) in [5.74, 6) is 0.489. The summed E-state index contributed by atoms with van der Waals surface area (Å²) < 4.78 is 10.4. The Morgan fingerprint density at radius 3 is 2.72 bits per heavy atom. The zero-order valence-electron chi connectivity index (χ0n) is 15.0. The molecule has 0 saturated carbocycles. The van der Waals surface area contributed by atoms with Gasteiger partial charge in [-0.15, -0.1) is 0 Å². The fourth-order valence-electron chi connectivity index (χ4n) is 2.68. The minimum Gasteiger partial charge on any atom is -0.497 e. The Morgan fingerprint density at radius 2 is 2.04 bits per heavy atom. The van der Waals surface area contributed by atoms with E-state index in [0.717, 1.165) is 32.8 Å². The number of carbonyl (C=O) groups excluding carboxylic acids is 2. The van der Waals surface area contributed by atoms with Crippen molar-refractivity contribution in [3.8, 4) is 5.75 Å². The van der Waals surface area contributed by atoms with Crippen LogP contribution in [0.15, 0.2) is 24.3 Å². The maximum Gasteiger partial charge on any atom is 0.251 e. The highest BCUT2D eigenvalue weighted by Gasteiger charge is 2.14.